The summed E-state index contributed by atoms with van der Waals surface area (Å²) in [5.74, 6) is 0.506. The van der Waals surface area contributed by atoms with Gasteiger partial charge >= 0.3 is 5.97 Å². The van der Waals surface area contributed by atoms with Crippen LogP contribution in [-0.4, -0.2) is 22.8 Å². The van der Waals surface area contributed by atoms with Gasteiger partial charge in [-0.3, -0.25) is 9.59 Å². The van der Waals surface area contributed by atoms with Gasteiger partial charge in [-0.15, -0.1) is 5.10 Å². The lowest BCUT2D eigenvalue weighted by Crippen LogP contribution is -2.06. The summed E-state index contributed by atoms with van der Waals surface area (Å²) < 4.78 is 12.0. The van der Waals surface area contributed by atoms with Crippen molar-refractivity contribution in [3.8, 4) is 11.6 Å². The number of benzene rings is 1. The van der Waals surface area contributed by atoms with Gasteiger partial charge in [0.05, 0.1) is 15.6 Å². The Kier molecular flexibility index (Phi) is 5.73. The average molecular weight is 432 g/mol. The number of esters is 1. The number of halogens is 2. The van der Waals surface area contributed by atoms with Crippen LogP contribution in [0, 0.1) is 0 Å². The molecule has 0 spiro atoms. The van der Waals surface area contributed by atoms with Crippen molar-refractivity contribution in [3.05, 3.63) is 49.1 Å². The number of aromatic nitrogens is 2. The molecule has 0 saturated heterocycles. The van der Waals surface area contributed by atoms with Crippen LogP contribution in [0.3, 0.4) is 0 Å². The maximum absolute atomic E-state index is 11.0. The molecule has 6 nitrogen and oxygen atoms in total. The standard InChI is InChI=1S/C14H12Br2N2O4/c1-8(19)21-5-4-9-6-10(15)14(11(16)7-9)22-13-3-2-12(20)17-18-13/h2-3,6-7H,4-5H2,1H3,(H,17,20). The molecule has 8 heteroatoms. The van der Waals surface area contributed by atoms with Crippen LogP contribution in [0.4, 0.5) is 0 Å². The Bertz CT molecular complexity index is 702. The maximum atomic E-state index is 11.0. The van der Waals surface area contributed by atoms with Gasteiger partial charge in [0.2, 0.25) is 5.88 Å². The van der Waals surface area contributed by atoms with E-state index < -0.39 is 0 Å². The second-order valence-corrected chi connectivity index (χ2v) is 6.05. The molecule has 0 bridgehead atoms. The van der Waals surface area contributed by atoms with Crippen molar-refractivity contribution in [1.82, 2.24) is 10.2 Å². The van der Waals surface area contributed by atoms with E-state index in [1.807, 2.05) is 12.1 Å². The number of ether oxygens (including phenoxy) is 2. The summed E-state index contributed by atoms with van der Waals surface area (Å²) in [6.07, 6.45) is 0.591. The zero-order chi connectivity index (χ0) is 16.1. The number of hydrogen-bond acceptors (Lipinski definition) is 5. The highest BCUT2D eigenvalue weighted by atomic mass is 79.9. The monoisotopic (exact) mass is 430 g/mol. The highest BCUT2D eigenvalue weighted by Gasteiger charge is 2.11. The fourth-order valence-electron chi connectivity index (χ4n) is 1.66. The van der Waals surface area contributed by atoms with Crippen LogP contribution in [-0.2, 0) is 16.0 Å². The zero-order valence-corrected chi connectivity index (χ0v) is 14.7. The van der Waals surface area contributed by atoms with Crippen molar-refractivity contribution < 1.29 is 14.3 Å². The fourth-order valence-corrected chi connectivity index (χ4v) is 3.10. The molecule has 0 atom stereocenters. The Labute approximate surface area is 143 Å². The predicted molar refractivity (Wildman–Crippen MR) is 87.1 cm³/mol. The van der Waals surface area contributed by atoms with Gasteiger partial charge < -0.3 is 9.47 Å². The summed E-state index contributed by atoms with van der Waals surface area (Å²) in [6.45, 7) is 1.69. The van der Waals surface area contributed by atoms with Crippen LogP contribution in [0.25, 0.3) is 0 Å². The van der Waals surface area contributed by atoms with Gasteiger partial charge in [0.25, 0.3) is 5.56 Å². The number of carbonyl (C=O) groups is 1. The number of hydrogen-bond donors (Lipinski definition) is 1. The smallest absolute Gasteiger partial charge is 0.302 e. The molecule has 1 heterocycles. The van der Waals surface area contributed by atoms with E-state index in [1.165, 1.54) is 19.1 Å². The van der Waals surface area contributed by atoms with Gasteiger partial charge in [-0.1, -0.05) is 0 Å². The summed E-state index contributed by atoms with van der Waals surface area (Å²) in [5.41, 5.74) is 0.674. The first-order chi connectivity index (χ1) is 10.5. The van der Waals surface area contributed by atoms with E-state index in [0.717, 1.165) is 5.56 Å². The Morgan fingerprint density at radius 2 is 1.95 bits per heavy atom. The summed E-state index contributed by atoms with van der Waals surface area (Å²) >= 11 is 6.86. The van der Waals surface area contributed by atoms with Crippen LogP contribution in [0.5, 0.6) is 11.6 Å². The van der Waals surface area contributed by atoms with E-state index in [0.29, 0.717) is 27.7 Å². The van der Waals surface area contributed by atoms with Crippen molar-refractivity contribution >= 4 is 37.8 Å². The minimum atomic E-state index is -0.303. The Hall–Kier alpha value is -1.67. The third-order valence-corrected chi connectivity index (χ3v) is 3.79. The van der Waals surface area contributed by atoms with Crippen molar-refractivity contribution in [3.63, 3.8) is 0 Å². The number of nitrogens with zero attached hydrogens (tertiary/aromatic N) is 1. The molecule has 2 rings (SSSR count). The molecule has 0 radical (unpaired) electrons. The normalized spacial score (nSPS) is 10.3. The lowest BCUT2D eigenvalue weighted by molar-refractivity contribution is -0.140. The van der Waals surface area contributed by atoms with Crippen LogP contribution in [0.2, 0.25) is 0 Å². The van der Waals surface area contributed by atoms with E-state index in [-0.39, 0.29) is 17.4 Å². The molecule has 0 unspecified atom stereocenters. The fraction of sp³-hybridized carbons (Fsp3) is 0.214. The molecule has 0 aliphatic carbocycles. The first kappa shape index (κ1) is 16.7. The lowest BCUT2D eigenvalue weighted by atomic mass is 10.1. The van der Waals surface area contributed by atoms with Crippen molar-refractivity contribution in [2.75, 3.05) is 6.61 Å². The average Bonchev–Trinajstić information content (AvgIpc) is 2.44. The molecule has 1 N–H and O–H groups in total. The molecular weight excluding hydrogens is 420 g/mol. The van der Waals surface area contributed by atoms with Crippen LogP contribution in [0.15, 0.2) is 38.0 Å². The topological polar surface area (TPSA) is 81.3 Å². The van der Waals surface area contributed by atoms with Crippen molar-refractivity contribution in [2.45, 2.75) is 13.3 Å². The number of carbonyl (C=O) groups excluding carboxylic acids is 1. The number of H-pyrrole nitrogens is 1. The molecule has 0 aliphatic heterocycles. The largest absolute Gasteiger partial charge is 0.466 e. The third-order valence-electron chi connectivity index (χ3n) is 2.61. The highest BCUT2D eigenvalue weighted by Crippen LogP contribution is 2.37. The molecule has 1 aromatic heterocycles. The quantitative estimate of drug-likeness (QED) is 0.735. The summed E-state index contributed by atoms with van der Waals surface area (Å²) in [6, 6.07) is 6.55. The molecule has 0 aliphatic rings. The lowest BCUT2D eigenvalue weighted by Gasteiger charge is -2.11. The predicted octanol–water partition coefficient (Wildman–Crippen LogP) is 3.19. The zero-order valence-electron chi connectivity index (χ0n) is 11.6. The van der Waals surface area contributed by atoms with Crippen molar-refractivity contribution in [2.24, 2.45) is 0 Å². The van der Waals surface area contributed by atoms with Crippen LogP contribution >= 0.6 is 31.9 Å². The Balaban J connectivity index is 2.14. The Morgan fingerprint density at radius 1 is 1.27 bits per heavy atom. The second kappa shape index (κ2) is 7.55. The van der Waals surface area contributed by atoms with E-state index in [2.05, 4.69) is 42.1 Å². The molecule has 0 fully saturated rings. The third kappa shape index (κ3) is 4.67. The summed E-state index contributed by atoms with van der Waals surface area (Å²) in [7, 11) is 0. The first-order valence-corrected chi connectivity index (χ1v) is 7.89. The van der Waals surface area contributed by atoms with E-state index >= 15 is 0 Å². The van der Waals surface area contributed by atoms with E-state index in [9.17, 15) is 9.59 Å². The van der Waals surface area contributed by atoms with Gasteiger partial charge in [-0.2, -0.15) is 0 Å². The Morgan fingerprint density at radius 3 is 2.50 bits per heavy atom. The molecule has 116 valence electrons. The molecule has 22 heavy (non-hydrogen) atoms. The van der Waals surface area contributed by atoms with E-state index in [4.69, 9.17) is 9.47 Å². The molecule has 1 aromatic carbocycles. The SMILES string of the molecule is CC(=O)OCCc1cc(Br)c(Oc2ccc(=O)[nH]n2)c(Br)c1. The van der Waals surface area contributed by atoms with Gasteiger partial charge in [0.1, 0.15) is 0 Å². The second-order valence-electron chi connectivity index (χ2n) is 4.34. The van der Waals surface area contributed by atoms with E-state index in [1.54, 1.807) is 0 Å². The first-order valence-electron chi connectivity index (χ1n) is 6.30. The summed E-state index contributed by atoms with van der Waals surface area (Å²) in [5, 5.41) is 6.09. The van der Waals surface area contributed by atoms with Gasteiger partial charge in [-0.25, -0.2) is 5.10 Å². The number of rotatable bonds is 5. The maximum Gasteiger partial charge on any atom is 0.302 e. The van der Waals surface area contributed by atoms with Crippen molar-refractivity contribution in [1.29, 1.82) is 0 Å². The van der Waals surface area contributed by atoms with Crippen LogP contribution < -0.4 is 10.3 Å². The van der Waals surface area contributed by atoms with Gasteiger partial charge in [-0.05, 0) is 49.6 Å². The summed E-state index contributed by atoms with van der Waals surface area (Å²) in [4.78, 5) is 21.7. The minimum absolute atomic E-state index is 0.272. The van der Waals surface area contributed by atoms with Gasteiger partial charge in [0.15, 0.2) is 5.75 Å². The van der Waals surface area contributed by atoms with Crippen LogP contribution in [0.1, 0.15) is 12.5 Å². The molecular formula is C14H12Br2N2O4. The highest BCUT2D eigenvalue weighted by molar-refractivity contribution is 9.11. The number of aromatic amines is 1. The molecule has 0 amide bonds. The van der Waals surface area contributed by atoms with Gasteiger partial charge in [0, 0.05) is 25.5 Å². The molecule has 2 aromatic rings. The molecule has 0 saturated carbocycles. The number of nitrogens with one attached hydrogen (secondary N) is 1. The minimum Gasteiger partial charge on any atom is -0.466 e.